The molecule has 0 spiro atoms. The molecule has 0 saturated carbocycles. The van der Waals surface area contributed by atoms with Crippen LogP contribution in [0, 0.1) is 20.2 Å². The Bertz CT molecular complexity index is 1230. The van der Waals surface area contributed by atoms with E-state index in [-0.39, 0.29) is 33.0 Å². The van der Waals surface area contributed by atoms with E-state index in [4.69, 9.17) is 18.3 Å². The summed E-state index contributed by atoms with van der Waals surface area (Å²) in [6.45, 7) is 24.2. The highest BCUT2D eigenvalue weighted by Crippen LogP contribution is 2.43. The van der Waals surface area contributed by atoms with Gasteiger partial charge in [-0.25, -0.2) is 4.79 Å². The first kappa shape index (κ1) is 35.1. The van der Waals surface area contributed by atoms with E-state index in [1.807, 2.05) is 0 Å². The predicted molar refractivity (Wildman–Crippen MR) is 166 cm³/mol. The van der Waals surface area contributed by atoms with Crippen molar-refractivity contribution in [2.45, 2.75) is 104 Å². The molecule has 0 amide bonds. The molecule has 0 heterocycles. The van der Waals surface area contributed by atoms with Crippen molar-refractivity contribution in [3.63, 3.8) is 0 Å². The highest BCUT2D eigenvalue weighted by Gasteiger charge is 2.40. The van der Waals surface area contributed by atoms with Crippen molar-refractivity contribution in [2.24, 2.45) is 0 Å². The number of carbonyl (C=O) groups excluding carboxylic acids is 1. The summed E-state index contributed by atoms with van der Waals surface area (Å²) in [6.07, 6.45) is -2.36. The number of nitrogens with zero attached hydrogens (tertiary/aromatic N) is 2. The van der Waals surface area contributed by atoms with Crippen LogP contribution < -0.4 is 9.47 Å². The Labute approximate surface area is 250 Å². The number of non-ortho nitro benzene ring substituents is 2. The minimum atomic E-state index is -2.29. The number of rotatable bonds is 10. The summed E-state index contributed by atoms with van der Waals surface area (Å²) in [7, 11) is -4.59. The summed E-state index contributed by atoms with van der Waals surface area (Å²) < 4.78 is 24.0. The third-order valence-electron chi connectivity index (χ3n) is 8.23. The third-order valence-corrected chi connectivity index (χ3v) is 17.3. The van der Waals surface area contributed by atoms with Crippen LogP contribution in [0.3, 0.4) is 0 Å². The fraction of sp³-hybridized carbons (Fsp3) is 0.552. The minimum absolute atomic E-state index is 0.0471. The van der Waals surface area contributed by atoms with Crippen LogP contribution >= 0.6 is 0 Å². The molecule has 0 saturated heterocycles. The molecule has 42 heavy (non-hydrogen) atoms. The second kappa shape index (κ2) is 12.6. The van der Waals surface area contributed by atoms with E-state index in [0.29, 0.717) is 11.1 Å². The van der Waals surface area contributed by atoms with Crippen molar-refractivity contribution in [3.8, 4) is 11.5 Å². The van der Waals surface area contributed by atoms with Gasteiger partial charge in [-0.05, 0) is 62.2 Å². The zero-order chi connectivity index (χ0) is 32.4. The maximum absolute atomic E-state index is 13.1. The number of nitro groups is 2. The number of benzene rings is 2. The Morgan fingerprint density at radius 1 is 0.690 bits per heavy atom. The summed E-state index contributed by atoms with van der Waals surface area (Å²) in [5.74, 6) is 0.0942. The molecule has 2 unspecified atom stereocenters. The minimum Gasteiger partial charge on any atom is -0.410 e. The normalized spacial score (nSPS) is 14.2. The summed E-state index contributed by atoms with van der Waals surface area (Å²) in [4.78, 5) is 35.1. The largest absolute Gasteiger partial charge is 0.519 e. The topological polar surface area (TPSA) is 140 Å². The number of hydrogen-bond donors (Lipinski definition) is 0. The molecule has 2 aromatic rings. The maximum Gasteiger partial charge on any atom is 0.519 e. The maximum atomic E-state index is 13.1. The van der Waals surface area contributed by atoms with E-state index in [0.717, 1.165) is 0 Å². The van der Waals surface area contributed by atoms with Crippen LogP contribution in [0.25, 0.3) is 0 Å². The fourth-order valence-corrected chi connectivity index (χ4v) is 6.41. The number of carbonyl (C=O) groups is 1. The van der Waals surface area contributed by atoms with Crippen molar-refractivity contribution in [2.75, 3.05) is 0 Å². The quantitative estimate of drug-likeness (QED) is 0.0835. The standard InChI is InChI=1S/C29H44N2O9Si2/c1-19(39-41(9,10)28(3,4)5)23-17-21(30(33)34)13-15-25(23)37-27(32)38-26-16-14-22(31(35)36)18-24(26)20(2)40-42(11,12)29(6,7)8/h13-20H,1-12H3. The van der Waals surface area contributed by atoms with Gasteiger partial charge in [0.15, 0.2) is 16.6 Å². The highest BCUT2D eigenvalue weighted by molar-refractivity contribution is 6.74. The molecule has 0 bridgehead atoms. The second-order valence-corrected chi connectivity index (χ2v) is 23.0. The Balaban J connectivity index is 2.44. The molecular weight excluding hydrogens is 576 g/mol. The van der Waals surface area contributed by atoms with Crippen LogP contribution in [-0.4, -0.2) is 32.6 Å². The average Bonchev–Trinajstić information content (AvgIpc) is 2.82. The Morgan fingerprint density at radius 2 is 1.00 bits per heavy atom. The van der Waals surface area contributed by atoms with Gasteiger partial charge < -0.3 is 18.3 Å². The van der Waals surface area contributed by atoms with Gasteiger partial charge in [0, 0.05) is 35.4 Å². The van der Waals surface area contributed by atoms with Gasteiger partial charge in [-0.1, -0.05) is 41.5 Å². The van der Waals surface area contributed by atoms with Crippen molar-refractivity contribution in [3.05, 3.63) is 67.8 Å². The molecular formula is C29H44N2O9Si2. The molecule has 2 rings (SSSR count). The van der Waals surface area contributed by atoms with Crippen molar-refractivity contribution >= 4 is 34.2 Å². The van der Waals surface area contributed by atoms with Gasteiger partial charge in [0.05, 0.1) is 22.1 Å². The lowest BCUT2D eigenvalue weighted by atomic mass is 10.1. The molecule has 0 fully saturated rings. The van der Waals surface area contributed by atoms with E-state index in [9.17, 15) is 25.0 Å². The van der Waals surface area contributed by atoms with Gasteiger partial charge in [-0.2, -0.15) is 0 Å². The first-order valence-electron chi connectivity index (χ1n) is 13.8. The van der Waals surface area contributed by atoms with Gasteiger partial charge in [-0.15, -0.1) is 0 Å². The summed E-state index contributed by atoms with van der Waals surface area (Å²) in [5, 5.41) is 22.8. The number of hydrogen-bond acceptors (Lipinski definition) is 9. The molecule has 0 N–H and O–H groups in total. The highest BCUT2D eigenvalue weighted by atomic mass is 28.4. The van der Waals surface area contributed by atoms with Gasteiger partial charge in [0.1, 0.15) is 11.5 Å². The molecule has 0 radical (unpaired) electrons. The van der Waals surface area contributed by atoms with E-state index in [1.54, 1.807) is 13.8 Å². The Morgan fingerprint density at radius 3 is 1.26 bits per heavy atom. The fourth-order valence-electron chi connectivity index (χ4n) is 3.68. The molecule has 0 aromatic heterocycles. The van der Waals surface area contributed by atoms with E-state index in [2.05, 4.69) is 67.7 Å². The molecule has 232 valence electrons. The monoisotopic (exact) mass is 620 g/mol. The van der Waals surface area contributed by atoms with E-state index < -0.39 is 44.8 Å². The van der Waals surface area contributed by atoms with Gasteiger partial charge >= 0.3 is 6.16 Å². The predicted octanol–water partition coefficient (Wildman–Crippen LogP) is 9.25. The molecule has 2 atom stereocenters. The van der Waals surface area contributed by atoms with Crippen LogP contribution in [0.15, 0.2) is 36.4 Å². The lowest BCUT2D eigenvalue weighted by Crippen LogP contribution is -2.41. The van der Waals surface area contributed by atoms with Crippen LogP contribution in [0.2, 0.25) is 36.3 Å². The van der Waals surface area contributed by atoms with Gasteiger partial charge in [0.2, 0.25) is 0 Å². The first-order chi connectivity index (χ1) is 19.0. The Hall–Kier alpha value is -3.14. The zero-order valence-electron chi connectivity index (χ0n) is 26.7. The second-order valence-electron chi connectivity index (χ2n) is 13.5. The smallest absolute Gasteiger partial charge is 0.410 e. The van der Waals surface area contributed by atoms with Crippen LogP contribution in [0.5, 0.6) is 11.5 Å². The summed E-state index contributed by atoms with van der Waals surface area (Å²) >= 11 is 0. The van der Waals surface area contributed by atoms with Gasteiger partial charge in [0.25, 0.3) is 11.4 Å². The van der Waals surface area contributed by atoms with Crippen molar-refractivity contribution < 1.29 is 33.0 Å². The lowest BCUT2D eigenvalue weighted by Gasteiger charge is -2.38. The molecule has 0 aliphatic rings. The third kappa shape index (κ3) is 8.46. The average molecular weight is 621 g/mol. The number of nitro benzene ring substituents is 2. The first-order valence-corrected chi connectivity index (χ1v) is 19.6. The zero-order valence-corrected chi connectivity index (χ0v) is 28.7. The Kier molecular flexibility index (Phi) is 10.5. The molecule has 0 aliphatic heterocycles. The summed E-state index contributed by atoms with van der Waals surface area (Å²) in [5.41, 5.74) is 0.297. The summed E-state index contributed by atoms with van der Waals surface area (Å²) in [6, 6.07) is 7.79. The van der Waals surface area contributed by atoms with Crippen molar-refractivity contribution in [1.29, 1.82) is 0 Å². The molecule has 2 aromatic carbocycles. The molecule has 11 nitrogen and oxygen atoms in total. The van der Waals surface area contributed by atoms with E-state index in [1.165, 1.54) is 36.4 Å². The SMILES string of the molecule is CC(O[Si](C)(C)C(C)(C)C)c1cc([N+](=O)[O-])ccc1OC(=O)Oc1ccc([N+](=O)[O-])cc1C(C)O[Si](C)(C)C(C)(C)C. The lowest BCUT2D eigenvalue weighted by molar-refractivity contribution is -0.385. The molecule has 13 heteroatoms. The van der Waals surface area contributed by atoms with E-state index >= 15 is 0 Å². The van der Waals surface area contributed by atoms with Crippen LogP contribution in [0.4, 0.5) is 16.2 Å². The molecule has 0 aliphatic carbocycles. The van der Waals surface area contributed by atoms with Crippen LogP contribution in [0.1, 0.15) is 78.7 Å². The van der Waals surface area contributed by atoms with Gasteiger partial charge in [-0.3, -0.25) is 20.2 Å². The number of ether oxygens (including phenoxy) is 2. The van der Waals surface area contributed by atoms with Crippen molar-refractivity contribution in [1.82, 2.24) is 0 Å². The van der Waals surface area contributed by atoms with Crippen LogP contribution in [-0.2, 0) is 8.85 Å².